The number of hydrogen-bond donors (Lipinski definition) is 0. The van der Waals surface area contributed by atoms with Crippen LogP contribution in [0.15, 0.2) is 53.3 Å². The number of pyridine rings is 1. The molecule has 3 aromatic rings. The molecule has 1 aliphatic rings. The number of carbonyl (C=O) groups excluding carboxylic acids is 1. The van der Waals surface area contributed by atoms with Gasteiger partial charge in [-0.1, -0.05) is 35.0 Å². The lowest BCUT2D eigenvalue weighted by Crippen LogP contribution is -2.38. The molecule has 4 rings (SSSR count). The SMILES string of the molecule is Cc1ccc(CCC2CCN(C(=O)CCc3nc(-c4ccncc4)no3)CC2)cc1. The van der Waals surface area contributed by atoms with Crippen LogP contribution >= 0.6 is 0 Å². The maximum Gasteiger partial charge on any atom is 0.227 e. The summed E-state index contributed by atoms with van der Waals surface area (Å²) >= 11 is 0. The zero-order chi connectivity index (χ0) is 20.8. The molecule has 0 saturated carbocycles. The third-order valence-electron chi connectivity index (χ3n) is 5.89. The normalized spacial score (nSPS) is 14.8. The van der Waals surface area contributed by atoms with Crippen molar-refractivity contribution in [2.24, 2.45) is 5.92 Å². The summed E-state index contributed by atoms with van der Waals surface area (Å²) in [5, 5.41) is 4.00. The first kappa shape index (κ1) is 20.3. The molecular weight excluding hydrogens is 376 g/mol. The molecule has 1 aliphatic heterocycles. The lowest BCUT2D eigenvalue weighted by atomic mass is 9.90. The van der Waals surface area contributed by atoms with Gasteiger partial charge in [0, 0.05) is 43.9 Å². The van der Waals surface area contributed by atoms with Crippen LogP contribution in [0.2, 0.25) is 0 Å². The summed E-state index contributed by atoms with van der Waals surface area (Å²) in [6.07, 6.45) is 8.77. The first-order chi connectivity index (χ1) is 14.7. The van der Waals surface area contributed by atoms with Crippen molar-refractivity contribution in [3.63, 3.8) is 0 Å². The predicted molar refractivity (Wildman–Crippen MR) is 115 cm³/mol. The molecule has 0 N–H and O–H groups in total. The van der Waals surface area contributed by atoms with Crippen molar-refractivity contribution in [2.45, 2.75) is 45.4 Å². The van der Waals surface area contributed by atoms with Gasteiger partial charge in [0.1, 0.15) is 0 Å². The smallest absolute Gasteiger partial charge is 0.227 e. The predicted octanol–water partition coefficient (Wildman–Crippen LogP) is 4.24. The number of aromatic nitrogens is 3. The summed E-state index contributed by atoms with van der Waals surface area (Å²) in [7, 11) is 0. The third-order valence-corrected chi connectivity index (χ3v) is 5.89. The summed E-state index contributed by atoms with van der Waals surface area (Å²) in [6, 6.07) is 12.5. The third kappa shape index (κ3) is 5.32. The Labute approximate surface area is 177 Å². The summed E-state index contributed by atoms with van der Waals surface area (Å²) in [5.74, 6) is 1.92. The second-order valence-electron chi connectivity index (χ2n) is 8.10. The highest BCUT2D eigenvalue weighted by atomic mass is 16.5. The molecule has 3 heterocycles. The van der Waals surface area contributed by atoms with Crippen LogP contribution in [-0.4, -0.2) is 39.0 Å². The minimum absolute atomic E-state index is 0.177. The number of likely N-dealkylation sites (tertiary alicyclic amines) is 1. The monoisotopic (exact) mass is 404 g/mol. The molecular formula is C24H28N4O2. The van der Waals surface area contributed by atoms with Gasteiger partial charge in [-0.2, -0.15) is 4.98 Å². The standard InChI is InChI=1S/C24H28N4O2/c1-18-2-4-19(5-3-18)6-7-20-12-16-28(17-13-20)23(29)9-8-22-26-24(27-30-22)21-10-14-25-15-11-21/h2-5,10-11,14-15,20H,6-9,12-13,16-17H2,1H3. The quantitative estimate of drug-likeness (QED) is 0.589. The first-order valence-electron chi connectivity index (χ1n) is 10.7. The minimum Gasteiger partial charge on any atom is -0.343 e. The highest BCUT2D eigenvalue weighted by Gasteiger charge is 2.23. The van der Waals surface area contributed by atoms with E-state index in [0.717, 1.165) is 37.9 Å². The number of nitrogens with zero attached hydrogens (tertiary/aromatic N) is 4. The zero-order valence-corrected chi connectivity index (χ0v) is 17.5. The molecule has 1 saturated heterocycles. The highest BCUT2D eigenvalue weighted by Crippen LogP contribution is 2.23. The van der Waals surface area contributed by atoms with Crippen LogP contribution in [0.4, 0.5) is 0 Å². The van der Waals surface area contributed by atoms with Crippen molar-refractivity contribution >= 4 is 5.91 Å². The van der Waals surface area contributed by atoms with Gasteiger partial charge < -0.3 is 9.42 Å². The van der Waals surface area contributed by atoms with E-state index >= 15 is 0 Å². The van der Waals surface area contributed by atoms with Crippen molar-refractivity contribution < 1.29 is 9.32 Å². The molecule has 0 spiro atoms. The van der Waals surface area contributed by atoms with E-state index in [1.807, 2.05) is 17.0 Å². The topological polar surface area (TPSA) is 72.1 Å². The molecule has 0 aliphatic carbocycles. The number of carbonyl (C=O) groups is 1. The van der Waals surface area contributed by atoms with Gasteiger partial charge in [-0.05, 0) is 56.2 Å². The van der Waals surface area contributed by atoms with E-state index in [1.165, 1.54) is 17.5 Å². The van der Waals surface area contributed by atoms with Crippen LogP contribution in [0.25, 0.3) is 11.4 Å². The van der Waals surface area contributed by atoms with Gasteiger partial charge in [0.2, 0.25) is 17.6 Å². The molecule has 1 fully saturated rings. The van der Waals surface area contributed by atoms with Crippen molar-refractivity contribution in [1.82, 2.24) is 20.0 Å². The van der Waals surface area contributed by atoms with Gasteiger partial charge >= 0.3 is 0 Å². The number of benzene rings is 1. The fourth-order valence-corrected chi connectivity index (χ4v) is 3.94. The molecule has 1 aromatic carbocycles. The second-order valence-corrected chi connectivity index (χ2v) is 8.10. The van der Waals surface area contributed by atoms with E-state index in [4.69, 9.17) is 4.52 Å². The molecule has 2 aromatic heterocycles. The summed E-state index contributed by atoms with van der Waals surface area (Å²) in [6.45, 7) is 3.82. The van der Waals surface area contributed by atoms with Gasteiger partial charge in [0.25, 0.3) is 0 Å². The van der Waals surface area contributed by atoms with Crippen molar-refractivity contribution in [3.05, 3.63) is 65.8 Å². The Balaban J connectivity index is 1.19. The molecule has 0 bridgehead atoms. The van der Waals surface area contributed by atoms with E-state index in [9.17, 15) is 4.79 Å². The molecule has 0 unspecified atom stereocenters. The van der Waals surface area contributed by atoms with Crippen LogP contribution in [0.5, 0.6) is 0 Å². The van der Waals surface area contributed by atoms with E-state index in [1.54, 1.807) is 12.4 Å². The molecule has 0 radical (unpaired) electrons. The Morgan fingerprint density at radius 2 is 1.80 bits per heavy atom. The fourth-order valence-electron chi connectivity index (χ4n) is 3.94. The first-order valence-corrected chi connectivity index (χ1v) is 10.7. The van der Waals surface area contributed by atoms with E-state index in [2.05, 4.69) is 46.3 Å². The highest BCUT2D eigenvalue weighted by molar-refractivity contribution is 5.76. The van der Waals surface area contributed by atoms with Crippen LogP contribution in [-0.2, 0) is 17.6 Å². The van der Waals surface area contributed by atoms with Crippen molar-refractivity contribution in [3.8, 4) is 11.4 Å². The maximum atomic E-state index is 12.6. The average Bonchev–Trinajstić information content (AvgIpc) is 3.27. The van der Waals surface area contributed by atoms with E-state index < -0.39 is 0 Å². The van der Waals surface area contributed by atoms with Crippen molar-refractivity contribution in [2.75, 3.05) is 13.1 Å². The molecule has 0 atom stereocenters. The summed E-state index contributed by atoms with van der Waals surface area (Å²) in [5.41, 5.74) is 3.57. The number of piperidine rings is 1. The van der Waals surface area contributed by atoms with Crippen LogP contribution in [0.3, 0.4) is 0 Å². The molecule has 156 valence electrons. The Morgan fingerprint density at radius 1 is 1.07 bits per heavy atom. The Morgan fingerprint density at radius 3 is 2.53 bits per heavy atom. The Bertz CT molecular complexity index is 945. The Kier molecular flexibility index (Phi) is 6.52. The van der Waals surface area contributed by atoms with Gasteiger partial charge in [0.05, 0.1) is 0 Å². The number of amides is 1. The number of hydrogen-bond acceptors (Lipinski definition) is 5. The Hall–Kier alpha value is -3.02. The van der Waals surface area contributed by atoms with Gasteiger partial charge in [0.15, 0.2) is 0 Å². The van der Waals surface area contributed by atoms with Crippen molar-refractivity contribution in [1.29, 1.82) is 0 Å². The molecule has 30 heavy (non-hydrogen) atoms. The van der Waals surface area contributed by atoms with E-state index in [0.29, 0.717) is 30.5 Å². The molecule has 6 heteroatoms. The summed E-state index contributed by atoms with van der Waals surface area (Å²) < 4.78 is 5.30. The maximum absolute atomic E-state index is 12.6. The second kappa shape index (κ2) is 9.65. The fraction of sp³-hybridized carbons (Fsp3) is 0.417. The average molecular weight is 405 g/mol. The zero-order valence-electron chi connectivity index (χ0n) is 17.5. The largest absolute Gasteiger partial charge is 0.343 e. The van der Waals surface area contributed by atoms with Gasteiger partial charge in [-0.25, -0.2) is 0 Å². The van der Waals surface area contributed by atoms with Crippen LogP contribution in [0, 0.1) is 12.8 Å². The van der Waals surface area contributed by atoms with Gasteiger partial charge in [-0.15, -0.1) is 0 Å². The lowest BCUT2D eigenvalue weighted by molar-refractivity contribution is -0.132. The van der Waals surface area contributed by atoms with Crippen LogP contribution in [0.1, 0.15) is 42.7 Å². The van der Waals surface area contributed by atoms with Crippen LogP contribution < -0.4 is 0 Å². The molecule has 6 nitrogen and oxygen atoms in total. The van der Waals surface area contributed by atoms with Gasteiger partial charge in [-0.3, -0.25) is 9.78 Å². The lowest BCUT2D eigenvalue weighted by Gasteiger charge is -2.32. The number of rotatable bonds is 7. The number of aryl methyl sites for hydroxylation is 3. The minimum atomic E-state index is 0.177. The summed E-state index contributed by atoms with van der Waals surface area (Å²) in [4.78, 5) is 23.0. The molecule has 1 amide bonds. The van der Waals surface area contributed by atoms with E-state index in [-0.39, 0.29) is 5.91 Å².